The van der Waals surface area contributed by atoms with Gasteiger partial charge in [0.2, 0.25) is 0 Å². The molecule has 0 aromatic heterocycles. The maximum atomic E-state index is 5.81. The second-order valence-electron chi connectivity index (χ2n) is 4.93. The van der Waals surface area contributed by atoms with Crippen LogP contribution in [0.3, 0.4) is 0 Å². The fraction of sp³-hybridized carbons (Fsp3) is 0.571. The highest BCUT2D eigenvalue weighted by atomic mass is 16.5. The van der Waals surface area contributed by atoms with Crippen molar-refractivity contribution in [2.75, 3.05) is 0 Å². The first-order chi connectivity index (χ1) is 7.65. The Kier molecular flexibility index (Phi) is 3.49. The zero-order valence-electron chi connectivity index (χ0n) is 10.4. The largest absolute Gasteiger partial charge is 0.491 e. The fourth-order valence-corrected chi connectivity index (χ4v) is 1.76. The van der Waals surface area contributed by atoms with Gasteiger partial charge in [-0.25, -0.2) is 0 Å². The molecule has 0 unspecified atom stereocenters. The van der Waals surface area contributed by atoms with Crippen LogP contribution in [0.5, 0.6) is 5.75 Å². The van der Waals surface area contributed by atoms with Crippen molar-refractivity contribution in [1.82, 2.24) is 5.32 Å². The Hall–Kier alpha value is -1.02. The molecular weight excluding hydrogens is 198 g/mol. The van der Waals surface area contributed by atoms with E-state index >= 15 is 0 Å². The molecule has 0 radical (unpaired) electrons. The maximum absolute atomic E-state index is 5.81. The van der Waals surface area contributed by atoms with E-state index in [1.54, 1.807) is 0 Å². The summed E-state index contributed by atoms with van der Waals surface area (Å²) < 4.78 is 5.81. The average Bonchev–Trinajstić information content (AvgIpc) is 3.01. The Morgan fingerprint density at radius 3 is 2.75 bits per heavy atom. The molecule has 1 saturated carbocycles. The molecule has 0 aliphatic heterocycles. The van der Waals surface area contributed by atoms with E-state index in [0.717, 1.165) is 18.3 Å². The van der Waals surface area contributed by atoms with Gasteiger partial charge in [-0.05, 0) is 39.7 Å². The molecule has 0 saturated heterocycles. The Morgan fingerprint density at radius 2 is 2.12 bits per heavy atom. The van der Waals surface area contributed by atoms with E-state index in [1.807, 2.05) is 0 Å². The molecule has 1 aliphatic rings. The van der Waals surface area contributed by atoms with Crippen molar-refractivity contribution in [1.29, 1.82) is 0 Å². The number of rotatable bonds is 5. The van der Waals surface area contributed by atoms with Gasteiger partial charge >= 0.3 is 0 Å². The van der Waals surface area contributed by atoms with Gasteiger partial charge in [0.25, 0.3) is 0 Å². The van der Waals surface area contributed by atoms with Gasteiger partial charge in [-0.3, -0.25) is 0 Å². The van der Waals surface area contributed by atoms with Crippen molar-refractivity contribution in [2.24, 2.45) is 0 Å². The van der Waals surface area contributed by atoms with Crippen molar-refractivity contribution in [3.8, 4) is 5.75 Å². The lowest BCUT2D eigenvalue weighted by molar-refractivity contribution is 0.239. The summed E-state index contributed by atoms with van der Waals surface area (Å²) in [5.41, 5.74) is 2.57. The van der Waals surface area contributed by atoms with Gasteiger partial charge in [0.1, 0.15) is 5.75 Å². The molecule has 2 rings (SSSR count). The third-order valence-corrected chi connectivity index (χ3v) is 2.74. The molecule has 1 fully saturated rings. The van der Waals surface area contributed by atoms with Crippen LogP contribution in [0.1, 0.15) is 37.8 Å². The molecule has 1 aromatic carbocycles. The van der Waals surface area contributed by atoms with Gasteiger partial charge in [-0.1, -0.05) is 17.7 Å². The minimum absolute atomic E-state index is 0.238. The Labute approximate surface area is 98.0 Å². The molecule has 88 valence electrons. The predicted octanol–water partition coefficient (Wildman–Crippen LogP) is 3.03. The number of nitrogens with one attached hydrogen (secondary N) is 1. The van der Waals surface area contributed by atoms with Crippen LogP contribution in [0.4, 0.5) is 0 Å². The van der Waals surface area contributed by atoms with Crippen LogP contribution >= 0.6 is 0 Å². The van der Waals surface area contributed by atoms with E-state index in [9.17, 15) is 0 Å². The van der Waals surface area contributed by atoms with Crippen molar-refractivity contribution < 1.29 is 4.74 Å². The third-order valence-electron chi connectivity index (χ3n) is 2.74. The van der Waals surface area contributed by atoms with Crippen LogP contribution in [0.15, 0.2) is 18.2 Å². The number of benzene rings is 1. The van der Waals surface area contributed by atoms with Crippen molar-refractivity contribution in [3.63, 3.8) is 0 Å². The summed E-state index contributed by atoms with van der Waals surface area (Å²) in [5, 5.41) is 3.53. The predicted molar refractivity (Wildman–Crippen MR) is 66.8 cm³/mol. The molecular formula is C14H21NO. The van der Waals surface area contributed by atoms with Crippen molar-refractivity contribution in [2.45, 2.75) is 52.3 Å². The average molecular weight is 219 g/mol. The summed E-state index contributed by atoms with van der Waals surface area (Å²) in [4.78, 5) is 0. The van der Waals surface area contributed by atoms with Gasteiger partial charge in [-0.2, -0.15) is 0 Å². The summed E-state index contributed by atoms with van der Waals surface area (Å²) in [6.45, 7) is 7.18. The second kappa shape index (κ2) is 4.88. The standard InChI is InChI=1S/C14H21NO/c1-10(2)16-14-7-4-11(3)8-12(14)9-15-13-5-6-13/h4,7-8,10,13,15H,5-6,9H2,1-3H3. The lowest BCUT2D eigenvalue weighted by Gasteiger charge is -2.15. The maximum Gasteiger partial charge on any atom is 0.124 e. The molecule has 2 nitrogen and oxygen atoms in total. The molecule has 0 amide bonds. The Balaban J connectivity index is 2.07. The third kappa shape index (κ3) is 3.24. The molecule has 1 N–H and O–H groups in total. The monoisotopic (exact) mass is 219 g/mol. The summed E-state index contributed by atoms with van der Waals surface area (Å²) in [7, 11) is 0. The van der Waals surface area contributed by atoms with E-state index in [1.165, 1.54) is 24.0 Å². The van der Waals surface area contributed by atoms with E-state index in [-0.39, 0.29) is 6.10 Å². The molecule has 0 spiro atoms. The minimum Gasteiger partial charge on any atom is -0.491 e. The summed E-state index contributed by atoms with van der Waals surface area (Å²) in [5.74, 6) is 1.02. The Morgan fingerprint density at radius 1 is 1.38 bits per heavy atom. The highest BCUT2D eigenvalue weighted by Crippen LogP contribution is 2.24. The molecule has 16 heavy (non-hydrogen) atoms. The normalized spacial score (nSPS) is 15.5. The quantitative estimate of drug-likeness (QED) is 0.822. The molecule has 2 heteroatoms. The Bertz CT molecular complexity index is 356. The van der Waals surface area contributed by atoms with E-state index < -0.39 is 0 Å². The van der Waals surface area contributed by atoms with Gasteiger partial charge in [0.05, 0.1) is 6.10 Å². The van der Waals surface area contributed by atoms with Crippen LogP contribution in [-0.4, -0.2) is 12.1 Å². The summed E-state index contributed by atoms with van der Waals surface area (Å²) >= 11 is 0. The van der Waals surface area contributed by atoms with Gasteiger partial charge in [0, 0.05) is 18.2 Å². The van der Waals surface area contributed by atoms with Crippen LogP contribution < -0.4 is 10.1 Å². The summed E-state index contributed by atoms with van der Waals surface area (Å²) in [6.07, 6.45) is 2.89. The van der Waals surface area contributed by atoms with Gasteiger partial charge < -0.3 is 10.1 Å². The number of ether oxygens (including phenoxy) is 1. The van der Waals surface area contributed by atoms with Crippen LogP contribution in [0, 0.1) is 6.92 Å². The van der Waals surface area contributed by atoms with Crippen LogP contribution in [0.25, 0.3) is 0 Å². The number of hydrogen-bond acceptors (Lipinski definition) is 2. The lowest BCUT2D eigenvalue weighted by Crippen LogP contribution is -2.17. The van der Waals surface area contributed by atoms with Crippen molar-refractivity contribution >= 4 is 0 Å². The minimum atomic E-state index is 0.238. The zero-order valence-corrected chi connectivity index (χ0v) is 10.4. The topological polar surface area (TPSA) is 21.3 Å². The first kappa shape index (κ1) is 11.5. The highest BCUT2D eigenvalue weighted by Gasteiger charge is 2.20. The number of hydrogen-bond donors (Lipinski definition) is 1. The van der Waals surface area contributed by atoms with Gasteiger partial charge in [-0.15, -0.1) is 0 Å². The smallest absolute Gasteiger partial charge is 0.124 e. The molecule has 1 aromatic rings. The first-order valence-electron chi connectivity index (χ1n) is 6.14. The second-order valence-corrected chi connectivity index (χ2v) is 4.93. The fourth-order valence-electron chi connectivity index (χ4n) is 1.76. The van der Waals surface area contributed by atoms with Gasteiger partial charge in [0.15, 0.2) is 0 Å². The molecule has 1 aliphatic carbocycles. The molecule has 0 bridgehead atoms. The summed E-state index contributed by atoms with van der Waals surface area (Å²) in [6, 6.07) is 7.15. The lowest BCUT2D eigenvalue weighted by atomic mass is 10.1. The zero-order chi connectivity index (χ0) is 11.5. The molecule has 0 atom stereocenters. The van der Waals surface area contributed by atoms with E-state index in [0.29, 0.717) is 0 Å². The SMILES string of the molecule is Cc1ccc(OC(C)C)c(CNC2CC2)c1. The van der Waals surface area contributed by atoms with Crippen molar-refractivity contribution in [3.05, 3.63) is 29.3 Å². The first-order valence-corrected chi connectivity index (χ1v) is 6.14. The molecule has 0 heterocycles. The highest BCUT2D eigenvalue weighted by molar-refractivity contribution is 5.37. The van der Waals surface area contributed by atoms with Crippen LogP contribution in [-0.2, 0) is 6.54 Å². The number of aryl methyl sites for hydroxylation is 1. The van der Waals surface area contributed by atoms with E-state index in [2.05, 4.69) is 44.3 Å². The van der Waals surface area contributed by atoms with Crippen LogP contribution in [0.2, 0.25) is 0 Å². The van der Waals surface area contributed by atoms with E-state index in [4.69, 9.17) is 4.74 Å².